The molecule has 0 saturated carbocycles. The number of aliphatic hydroxyl groups excluding tert-OH is 1. The van der Waals surface area contributed by atoms with Crippen molar-refractivity contribution in [1.82, 2.24) is 0 Å². The van der Waals surface area contributed by atoms with Crippen LogP contribution in [0, 0.1) is 17.8 Å². The van der Waals surface area contributed by atoms with Gasteiger partial charge < -0.3 is 33.8 Å². The second-order valence-electron chi connectivity index (χ2n) is 27.2. The third kappa shape index (κ3) is 66.6. The van der Waals surface area contributed by atoms with E-state index in [-0.39, 0.29) is 25.7 Å². The Kier molecular flexibility index (Phi) is 62.5. The van der Waals surface area contributed by atoms with Gasteiger partial charge in [-0.1, -0.05) is 297 Å². The number of allylic oxidation sites excluding steroid dienone is 4. The molecule has 0 saturated heterocycles. The fraction of sp³-hybridized carbons (Fsp3) is 0.892. The highest BCUT2D eigenvalue weighted by Gasteiger charge is 2.30. The normalized spacial score (nSPS) is 14.6. The van der Waals surface area contributed by atoms with E-state index in [1.54, 1.807) is 0 Å². The smallest absolute Gasteiger partial charge is 0.462 e. The predicted molar refractivity (Wildman–Crippen MR) is 377 cm³/mol. The van der Waals surface area contributed by atoms with Gasteiger partial charge in [0.1, 0.15) is 19.3 Å². The largest absolute Gasteiger partial charge is 0.472 e. The van der Waals surface area contributed by atoms with Crippen molar-refractivity contribution < 1.29 is 80.2 Å². The highest BCUT2D eigenvalue weighted by atomic mass is 31.2. The molecular formula is C74H140O17P2. The van der Waals surface area contributed by atoms with Gasteiger partial charge in [-0.3, -0.25) is 37.3 Å². The summed E-state index contributed by atoms with van der Waals surface area (Å²) in [6, 6.07) is 0. The molecule has 0 amide bonds. The first-order valence-electron chi connectivity index (χ1n) is 37.7. The number of hydrogen-bond donors (Lipinski definition) is 3. The van der Waals surface area contributed by atoms with Crippen LogP contribution in [0.2, 0.25) is 0 Å². The fourth-order valence-corrected chi connectivity index (χ4v) is 12.3. The van der Waals surface area contributed by atoms with E-state index < -0.39 is 97.5 Å². The van der Waals surface area contributed by atoms with Crippen molar-refractivity contribution in [2.24, 2.45) is 17.8 Å². The number of hydrogen-bond acceptors (Lipinski definition) is 15. The van der Waals surface area contributed by atoms with Crippen molar-refractivity contribution >= 4 is 39.5 Å². The molecule has 0 aliphatic rings. The number of unbranched alkanes of at least 4 members (excludes halogenated alkanes) is 34. The molecule has 19 heteroatoms. The monoisotopic (exact) mass is 1360 g/mol. The maximum atomic E-state index is 13.0. The summed E-state index contributed by atoms with van der Waals surface area (Å²) in [7, 11) is -9.92. The Morgan fingerprint density at radius 1 is 0.355 bits per heavy atom. The third-order valence-electron chi connectivity index (χ3n) is 16.9. The molecule has 548 valence electrons. The van der Waals surface area contributed by atoms with Gasteiger partial charge in [-0.05, 0) is 69.1 Å². The summed E-state index contributed by atoms with van der Waals surface area (Å²) in [5.74, 6) is 0.0892. The highest BCUT2D eigenvalue weighted by Crippen LogP contribution is 2.45. The average Bonchev–Trinajstić information content (AvgIpc) is 2.28. The molecular weight excluding hydrogens is 1220 g/mol. The van der Waals surface area contributed by atoms with Crippen LogP contribution in [-0.4, -0.2) is 96.7 Å². The van der Waals surface area contributed by atoms with Crippen LogP contribution >= 0.6 is 15.6 Å². The van der Waals surface area contributed by atoms with Crippen molar-refractivity contribution in [1.29, 1.82) is 0 Å². The van der Waals surface area contributed by atoms with E-state index in [0.29, 0.717) is 37.5 Å². The van der Waals surface area contributed by atoms with Crippen molar-refractivity contribution in [2.75, 3.05) is 39.6 Å². The molecule has 0 spiro atoms. The van der Waals surface area contributed by atoms with Crippen LogP contribution < -0.4 is 0 Å². The zero-order chi connectivity index (χ0) is 68.7. The number of esters is 4. The van der Waals surface area contributed by atoms with Crippen LogP contribution in [0.5, 0.6) is 0 Å². The van der Waals surface area contributed by atoms with Crippen LogP contribution in [-0.2, 0) is 65.4 Å². The number of aliphatic hydroxyl groups is 1. The van der Waals surface area contributed by atoms with Crippen LogP contribution in [0.4, 0.5) is 0 Å². The number of phosphoric acid groups is 2. The van der Waals surface area contributed by atoms with Gasteiger partial charge in [0.15, 0.2) is 12.2 Å². The molecule has 0 aromatic carbocycles. The highest BCUT2D eigenvalue weighted by molar-refractivity contribution is 7.47. The summed E-state index contributed by atoms with van der Waals surface area (Å²) in [4.78, 5) is 72.6. The lowest BCUT2D eigenvalue weighted by molar-refractivity contribution is -0.161. The van der Waals surface area contributed by atoms with Gasteiger partial charge in [-0.15, -0.1) is 0 Å². The Balaban J connectivity index is 5.23. The van der Waals surface area contributed by atoms with E-state index in [1.165, 1.54) is 141 Å². The molecule has 0 radical (unpaired) electrons. The summed E-state index contributed by atoms with van der Waals surface area (Å²) in [6.07, 6.45) is 52.3. The molecule has 0 aromatic heterocycles. The number of phosphoric ester groups is 2. The van der Waals surface area contributed by atoms with Gasteiger partial charge in [0.25, 0.3) is 0 Å². The van der Waals surface area contributed by atoms with E-state index in [2.05, 4.69) is 72.8 Å². The van der Waals surface area contributed by atoms with Gasteiger partial charge >= 0.3 is 39.5 Å². The molecule has 17 nitrogen and oxygen atoms in total. The summed E-state index contributed by atoms with van der Waals surface area (Å²) in [6.45, 7) is 11.7. The lowest BCUT2D eigenvalue weighted by Crippen LogP contribution is -2.30. The minimum absolute atomic E-state index is 0.0838. The second-order valence-corrected chi connectivity index (χ2v) is 30.1. The van der Waals surface area contributed by atoms with E-state index in [0.717, 1.165) is 115 Å². The second kappa shape index (κ2) is 64.2. The van der Waals surface area contributed by atoms with Crippen LogP contribution in [0.25, 0.3) is 0 Å². The molecule has 0 aliphatic heterocycles. The maximum absolute atomic E-state index is 13.0. The van der Waals surface area contributed by atoms with Crippen molar-refractivity contribution in [3.63, 3.8) is 0 Å². The van der Waals surface area contributed by atoms with Crippen LogP contribution in [0.15, 0.2) is 24.3 Å². The molecule has 6 atom stereocenters. The number of ether oxygens (including phenoxy) is 4. The Morgan fingerprint density at radius 2 is 0.634 bits per heavy atom. The Bertz CT molecular complexity index is 1910. The first-order chi connectivity index (χ1) is 44.8. The lowest BCUT2D eigenvalue weighted by Gasteiger charge is -2.21. The molecule has 0 heterocycles. The van der Waals surface area contributed by atoms with Crippen molar-refractivity contribution in [3.8, 4) is 0 Å². The minimum Gasteiger partial charge on any atom is -0.462 e. The molecule has 3 N–H and O–H groups in total. The van der Waals surface area contributed by atoms with Crippen molar-refractivity contribution in [3.05, 3.63) is 24.3 Å². The topological polar surface area (TPSA) is 237 Å². The fourth-order valence-electron chi connectivity index (χ4n) is 10.7. The number of rotatable bonds is 70. The first kappa shape index (κ1) is 90.5. The van der Waals surface area contributed by atoms with Gasteiger partial charge in [-0.25, -0.2) is 9.13 Å². The molecule has 0 fully saturated rings. The van der Waals surface area contributed by atoms with E-state index >= 15 is 0 Å². The molecule has 4 unspecified atom stereocenters. The Labute approximate surface area is 567 Å². The summed E-state index contributed by atoms with van der Waals surface area (Å²) >= 11 is 0. The lowest BCUT2D eigenvalue weighted by atomic mass is 9.99. The Morgan fingerprint density at radius 3 is 0.957 bits per heavy atom. The first-order valence-corrected chi connectivity index (χ1v) is 40.7. The minimum atomic E-state index is -4.96. The molecule has 0 aliphatic carbocycles. The van der Waals surface area contributed by atoms with E-state index in [4.69, 9.17) is 37.0 Å². The summed E-state index contributed by atoms with van der Waals surface area (Å²) in [5, 5.41) is 10.6. The third-order valence-corrected chi connectivity index (χ3v) is 18.8. The van der Waals surface area contributed by atoms with E-state index in [9.17, 15) is 43.2 Å². The average molecular weight is 1360 g/mol. The molecule has 93 heavy (non-hydrogen) atoms. The van der Waals surface area contributed by atoms with E-state index in [1.807, 2.05) is 0 Å². The van der Waals surface area contributed by atoms with Gasteiger partial charge in [0.2, 0.25) is 0 Å². The molecule has 0 aromatic rings. The Hall–Kier alpha value is -2.46. The summed E-state index contributed by atoms with van der Waals surface area (Å²) in [5.41, 5.74) is 0. The van der Waals surface area contributed by atoms with Crippen molar-refractivity contribution in [2.45, 2.75) is 369 Å². The summed E-state index contributed by atoms with van der Waals surface area (Å²) < 4.78 is 68.3. The van der Waals surface area contributed by atoms with Crippen LogP contribution in [0.3, 0.4) is 0 Å². The standard InChI is InChI=1S/C74H140O17P2/c1-8-10-11-12-13-14-15-16-17-22-25-28-35-43-50-57-73(78)90-69(62-85-72(77)56-49-42-36-29-31-38-45-52-65(3)4)63-88-92(80,81)86-59-68(75)60-87-93(82,83)89-64-70(91-74(79)58-51-44-37-30-32-39-46-53-66(5)6)61-84-71(76)55-48-41-34-27-24-21-19-18-20-23-26-33-40-47-54-67(7)9-2/h14-17,65-70,75H,8-13,18-64H2,1-7H3,(H,80,81)(H,82,83)/b15-14-,17-16-/t67?,68?,69-,70-/m1/s1. The van der Waals surface area contributed by atoms with Gasteiger partial charge in [-0.2, -0.15) is 0 Å². The SMILES string of the molecule is CCCCCC/C=C\C=C/CCCCCCCC(=O)O[C@H](COC(=O)CCCCCCCCCC(C)C)COP(=O)(O)OCC(O)COP(=O)(O)OC[C@@H](COC(=O)CCCCCCCCCCCCCCCCC(C)CC)OC(=O)CCCCCCCCCC(C)C. The van der Waals surface area contributed by atoms with Crippen LogP contribution in [0.1, 0.15) is 350 Å². The zero-order valence-electron chi connectivity index (χ0n) is 60.2. The maximum Gasteiger partial charge on any atom is 0.472 e. The van der Waals surface area contributed by atoms with Gasteiger partial charge in [0.05, 0.1) is 26.4 Å². The molecule has 0 rings (SSSR count). The number of carbonyl (C=O) groups excluding carboxylic acids is 4. The number of carbonyl (C=O) groups is 4. The zero-order valence-corrected chi connectivity index (χ0v) is 62.0. The van der Waals surface area contributed by atoms with Gasteiger partial charge in [0, 0.05) is 25.7 Å². The quantitative estimate of drug-likeness (QED) is 0.0169. The molecule has 0 bridgehead atoms. The predicted octanol–water partition coefficient (Wildman–Crippen LogP) is 21.0.